The Hall–Kier alpha value is -1.64. The smallest absolute Gasteiger partial charge is 0.240 e. The minimum Gasteiger partial charge on any atom is -0.495 e. The topological polar surface area (TPSA) is 64.3 Å². The van der Waals surface area contributed by atoms with Crippen molar-refractivity contribution >= 4 is 23.4 Å². The number of nitrogens with one attached hydrogen (secondary N) is 1. The first-order valence-corrected chi connectivity index (χ1v) is 7.90. The molecular formula is C16H20N2O2S. The van der Waals surface area contributed by atoms with Crippen molar-refractivity contribution in [2.75, 3.05) is 24.7 Å². The molecule has 1 saturated heterocycles. The lowest BCUT2D eigenvalue weighted by atomic mass is 10.0. The van der Waals surface area contributed by atoms with Gasteiger partial charge in [0.1, 0.15) is 5.75 Å². The minimum atomic E-state index is -0.357. The Morgan fingerprint density at radius 3 is 3.00 bits per heavy atom. The number of benzene rings is 1. The molecule has 112 valence electrons. The van der Waals surface area contributed by atoms with E-state index in [2.05, 4.69) is 17.2 Å². The van der Waals surface area contributed by atoms with Crippen LogP contribution in [0.25, 0.3) is 0 Å². The number of hydrogen-bond donors (Lipinski definition) is 2. The van der Waals surface area contributed by atoms with Crippen molar-refractivity contribution in [1.82, 2.24) is 0 Å². The predicted molar refractivity (Wildman–Crippen MR) is 87.7 cm³/mol. The van der Waals surface area contributed by atoms with E-state index in [9.17, 15) is 4.79 Å². The van der Waals surface area contributed by atoms with Crippen molar-refractivity contribution in [1.29, 1.82) is 0 Å². The lowest BCUT2D eigenvalue weighted by Gasteiger charge is -2.22. The summed E-state index contributed by atoms with van der Waals surface area (Å²) in [7, 11) is 1.59. The standard InChI is InChI=1S/C16H20N2O2S/c1-16(8-4-10-21-16)15(19)18-13-11-12(5-3-9-17)6-7-14(13)20-2/h6-7,11H,4,8-10,17H2,1-2H3,(H,18,19). The van der Waals surface area contributed by atoms with Crippen LogP contribution in [0.4, 0.5) is 5.69 Å². The maximum absolute atomic E-state index is 12.5. The molecule has 0 radical (unpaired) electrons. The summed E-state index contributed by atoms with van der Waals surface area (Å²) in [5.74, 6) is 7.45. The number of amides is 1. The van der Waals surface area contributed by atoms with E-state index in [0.717, 1.165) is 24.2 Å². The Bertz CT molecular complexity index is 584. The largest absolute Gasteiger partial charge is 0.495 e. The fraction of sp³-hybridized carbons (Fsp3) is 0.438. The number of methoxy groups -OCH3 is 1. The summed E-state index contributed by atoms with van der Waals surface area (Å²) in [6.45, 7) is 2.30. The first kappa shape index (κ1) is 15.7. The lowest BCUT2D eigenvalue weighted by Crippen LogP contribution is -2.34. The highest BCUT2D eigenvalue weighted by molar-refractivity contribution is 8.01. The van der Waals surface area contributed by atoms with Crippen LogP contribution >= 0.6 is 11.8 Å². The molecule has 0 aliphatic carbocycles. The number of anilines is 1. The number of carbonyl (C=O) groups excluding carboxylic acids is 1. The van der Waals surface area contributed by atoms with Crippen molar-refractivity contribution in [2.24, 2.45) is 5.73 Å². The maximum atomic E-state index is 12.5. The normalized spacial score (nSPS) is 20.5. The second kappa shape index (κ2) is 6.88. The van der Waals surface area contributed by atoms with E-state index in [4.69, 9.17) is 10.5 Å². The molecule has 0 saturated carbocycles. The van der Waals surface area contributed by atoms with Gasteiger partial charge in [0.15, 0.2) is 0 Å². The van der Waals surface area contributed by atoms with Gasteiger partial charge in [0.05, 0.1) is 24.1 Å². The average Bonchev–Trinajstić information content (AvgIpc) is 2.93. The van der Waals surface area contributed by atoms with Gasteiger partial charge in [0.25, 0.3) is 0 Å². The molecule has 1 fully saturated rings. The van der Waals surface area contributed by atoms with E-state index < -0.39 is 0 Å². The van der Waals surface area contributed by atoms with Crippen LogP contribution in [-0.2, 0) is 4.79 Å². The Labute approximate surface area is 129 Å². The SMILES string of the molecule is COc1ccc(C#CCN)cc1NC(=O)C1(C)CCCS1. The molecule has 0 bridgehead atoms. The predicted octanol–water partition coefficient (Wildman–Crippen LogP) is 2.23. The molecule has 1 amide bonds. The Kier molecular flexibility index (Phi) is 5.16. The van der Waals surface area contributed by atoms with Crippen LogP contribution in [0.3, 0.4) is 0 Å². The molecule has 1 aliphatic rings. The summed E-state index contributed by atoms with van der Waals surface area (Å²) < 4.78 is 4.95. The van der Waals surface area contributed by atoms with Crippen LogP contribution in [-0.4, -0.2) is 30.1 Å². The summed E-state index contributed by atoms with van der Waals surface area (Å²) >= 11 is 1.71. The quantitative estimate of drug-likeness (QED) is 0.841. The monoisotopic (exact) mass is 304 g/mol. The van der Waals surface area contributed by atoms with Gasteiger partial charge in [0.2, 0.25) is 5.91 Å². The van der Waals surface area contributed by atoms with E-state index in [0.29, 0.717) is 18.0 Å². The lowest BCUT2D eigenvalue weighted by molar-refractivity contribution is -0.118. The van der Waals surface area contributed by atoms with Crippen LogP contribution in [0.15, 0.2) is 18.2 Å². The fourth-order valence-corrected chi connectivity index (χ4v) is 3.46. The first-order valence-electron chi connectivity index (χ1n) is 6.91. The van der Waals surface area contributed by atoms with E-state index >= 15 is 0 Å². The van der Waals surface area contributed by atoms with E-state index in [1.54, 1.807) is 24.9 Å². The van der Waals surface area contributed by atoms with E-state index in [-0.39, 0.29) is 10.7 Å². The van der Waals surface area contributed by atoms with Gasteiger partial charge in [-0.05, 0) is 43.7 Å². The number of nitrogens with two attached hydrogens (primary N) is 1. The number of carbonyl (C=O) groups is 1. The summed E-state index contributed by atoms with van der Waals surface area (Å²) in [6.07, 6.45) is 1.98. The zero-order valence-corrected chi connectivity index (χ0v) is 13.2. The third-order valence-electron chi connectivity index (χ3n) is 3.48. The van der Waals surface area contributed by atoms with Gasteiger partial charge in [0, 0.05) is 5.56 Å². The number of rotatable bonds is 3. The molecule has 4 nitrogen and oxygen atoms in total. The van der Waals surface area contributed by atoms with Crippen LogP contribution in [0.1, 0.15) is 25.3 Å². The molecule has 1 atom stereocenters. The van der Waals surface area contributed by atoms with Crippen LogP contribution in [0, 0.1) is 11.8 Å². The van der Waals surface area contributed by atoms with Gasteiger partial charge in [-0.3, -0.25) is 4.79 Å². The van der Waals surface area contributed by atoms with Crippen LogP contribution in [0.2, 0.25) is 0 Å². The van der Waals surface area contributed by atoms with Gasteiger partial charge in [-0.1, -0.05) is 11.8 Å². The summed E-state index contributed by atoms with van der Waals surface area (Å²) in [5.41, 5.74) is 6.84. The highest BCUT2D eigenvalue weighted by Gasteiger charge is 2.37. The van der Waals surface area contributed by atoms with Crippen molar-refractivity contribution < 1.29 is 9.53 Å². The third-order valence-corrected chi connectivity index (χ3v) is 5.00. The van der Waals surface area contributed by atoms with E-state index in [1.165, 1.54) is 0 Å². The zero-order valence-electron chi connectivity index (χ0n) is 12.4. The zero-order chi connectivity index (χ0) is 15.3. The molecule has 1 aromatic carbocycles. The van der Waals surface area contributed by atoms with Crippen LogP contribution in [0.5, 0.6) is 5.75 Å². The molecule has 2 rings (SSSR count). The number of hydrogen-bond acceptors (Lipinski definition) is 4. The fourth-order valence-electron chi connectivity index (χ4n) is 2.25. The van der Waals surface area contributed by atoms with Gasteiger partial charge in [-0.25, -0.2) is 0 Å². The minimum absolute atomic E-state index is 0.0206. The van der Waals surface area contributed by atoms with Crippen LogP contribution < -0.4 is 15.8 Å². The number of thioether (sulfide) groups is 1. The van der Waals surface area contributed by atoms with Crippen molar-refractivity contribution in [3.8, 4) is 17.6 Å². The summed E-state index contributed by atoms with van der Waals surface area (Å²) in [6, 6.07) is 5.48. The highest BCUT2D eigenvalue weighted by atomic mass is 32.2. The van der Waals surface area contributed by atoms with Crippen molar-refractivity contribution in [3.63, 3.8) is 0 Å². The molecule has 1 aromatic rings. The molecule has 0 aromatic heterocycles. The highest BCUT2D eigenvalue weighted by Crippen LogP contribution is 2.39. The molecule has 1 heterocycles. The van der Waals surface area contributed by atoms with Crippen molar-refractivity contribution in [3.05, 3.63) is 23.8 Å². The number of ether oxygens (including phenoxy) is 1. The molecular weight excluding hydrogens is 284 g/mol. The van der Waals surface area contributed by atoms with Gasteiger partial charge in [-0.2, -0.15) is 0 Å². The molecule has 1 unspecified atom stereocenters. The molecule has 0 spiro atoms. The summed E-state index contributed by atoms with van der Waals surface area (Å²) in [4.78, 5) is 12.5. The second-order valence-electron chi connectivity index (χ2n) is 5.06. The second-order valence-corrected chi connectivity index (χ2v) is 6.66. The molecule has 21 heavy (non-hydrogen) atoms. The Morgan fingerprint density at radius 2 is 2.38 bits per heavy atom. The van der Waals surface area contributed by atoms with Gasteiger partial charge in [-0.15, -0.1) is 11.8 Å². The van der Waals surface area contributed by atoms with E-state index in [1.807, 2.05) is 19.1 Å². The average molecular weight is 304 g/mol. The molecule has 3 N–H and O–H groups in total. The molecule has 1 aliphatic heterocycles. The van der Waals surface area contributed by atoms with Gasteiger partial charge < -0.3 is 15.8 Å². The first-order chi connectivity index (χ1) is 10.1. The molecule has 5 heteroatoms. The third kappa shape index (κ3) is 3.72. The van der Waals surface area contributed by atoms with Crippen molar-refractivity contribution in [2.45, 2.75) is 24.5 Å². The summed E-state index contributed by atoms with van der Waals surface area (Å²) in [5, 5.41) is 2.98. The Balaban J connectivity index is 2.22. The van der Waals surface area contributed by atoms with Gasteiger partial charge >= 0.3 is 0 Å². The Morgan fingerprint density at radius 1 is 1.57 bits per heavy atom. The maximum Gasteiger partial charge on any atom is 0.240 e.